The lowest BCUT2D eigenvalue weighted by atomic mass is 9.93. The molecule has 1 fully saturated rings. The third-order valence-electron chi connectivity index (χ3n) is 5.98. The average Bonchev–Trinajstić information content (AvgIpc) is 2.80. The van der Waals surface area contributed by atoms with Gasteiger partial charge in [0.15, 0.2) is 0 Å². The van der Waals surface area contributed by atoms with Crippen LogP contribution in [0.4, 0.5) is 5.69 Å². The third kappa shape index (κ3) is 4.43. The third-order valence-corrected chi connectivity index (χ3v) is 5.98. The standard InChI is InChI=1S/C25H29N3O3/c1-3-31-24-11-7-6-10-22(24)26-14-16-27(17-15-26)25(30)18-23-21-9-5-4-8-20(21)12-13-28(23)19(2)29/h4-13,23H,3,14-18H2,1-2H3/t23-/m0/s1. The maximum absolute atomic E-state index is 13.2. The van der Waals surface area contributed by atoms with Crippen LogP contribution in [0, 0.1) is 0 Å². The Morgan fingerprint density at radius 3 is 2.45 bits per heavy atom. The van der Waals surface area contributed by atoms with E-state index < -0.39 is 0 Å². The van der Waals surface area contributed by atoms with E-state index in [2.05, 4.69) is 11.0 Å². The van der Waals surface area contributed by atoms with Crippen molar-refractivity contribution >= 4 is 23.6 Å². The number of benzene rings is 2. The summed E-state index contributed by atoms with van der Waals surface area (Å²) in [7, 11) is 0. The molecule has 0 spiro atoms. The van der Waals surface area contributed by atoms with Crippen molar-refractivity contribution in [2.45, 2.75) is 26.3 Å². The average molecular weight is 420 g/mol. The number of hydrogen-bond acceptors (Lipinski definition) is 4. The molecule has 6 nitrogen and oxygen atoms in total. The molecule has 2 aromatic rings. The molecule has 2 amide bonds. The van der Waals surface area contributed by atoms with Gasteiger partial charge in [-0.3, -0.25) is 9.59 Å². The summed E-state index contributed by atoms with van der Waals surface area (Å²) in [5.74, 6) is 0.910. The van der Waals surface area contributed by atoms with E-state index in [0.29, 0.717) is 19.7 Å². The summed E-state index contributed by atoms with van der Waals surface area (Å²) in [6.07, 6.45) is 4.02. The number of para-hydroxylation sites is 2. The van der Waals surface area contributed by atoms with Gasteiger partial charge in [-0.05, 0) is 36.3 Å². The maximum atomic E-state index is 13.2. The molecular weight excluding hydrogens is 390 g/mol. The van der Waals surface area contributed by atoms with Gasteiger partial charge in [0.05, 0.1) is 24.8 Å². The molecule has 0 aromatic heterocycles. The Kier molecular flexibility index (Phi) is 6.26. The molecule has 162 valence electrons. The zero-order valence-electron chi connectivity index (χ0n) is 18.2. The van der Waals surface area contributed by atoms with Gasteiger partial charge in [-0.2, -0.15) is 0 Å². The van der Waals surface area contributed by atoms with Crippen LogP contribution in [0.2, 0.25) is 0 Å². The highest BCUT2D eigenvalue weighted by molar-refractivity contribution is 5.82. The van der Waals surface area contributed by atoms with Gasteiger partial charge in [0.2, 0.25) is 11.8 Å². The molecule has 2 heterocycles. The Morgan fingerprint density at radius 1 is 1.00 bits per heavy atom. The van der Waals surface area contributed by atoms with Gasteiger partial charge >= 0.3 is 0 Å². The topological polar surface area (TPSA) is 53.1 Å². The molecule has 1 atom stereocenters. The van der Waals surface area contributed by atoms with Gasteiger partial charge in [-0.25, -0.2) is 0 Å². The van der Waals surface area contributed by atoms with Crippen molar-refractivity contribution in [3.63, 3.8) is 0 Å². The maximum Gasteiger partial charge on any atom is 0.225 e. The molecule has 1 saturated heterocycles. The fourth-order valence-corrected chi connectivity index (χ4v) is 4.40. The van der Waals surface area contributed by atoms with Crippen LogP contribution in [-0.4, -0.2) is 54.4 Å². The first-order valence-corrected chi connectivity index (χ1v) is 10.9. The van der Waals surface area contributed by atoms with Gasteiger partial charge in [0.1, 0.15) is 5.75 Å². The molecule has 0 aliphatic carbocycles. The molecule has 0 saturated carbocycles. The number of nitrogens with zero attached hydrogens (tertiary/aromatic N) is 3. The van der Waals surface area contributed by atoms with Crippen LogP contribution in [0.1, 0.15) is 37.4 Å². The smallest absolute Gasteiger partial charge is 0.225 e. The number of amides is 2. The first kappa shape index (κ1) is 21.0. The highest BCUT2D eigenvalue weighted by atomic mass is 16.5. The van der Waals surface area contributed by atoms with Gasteiger partial charge in [0.25, 0.3) is 0 Å². The minimum atomic E-state index is -0.261. The number of ether oxygens (including phenoxy) is 1. The van der Waals surface area contributed by atoms with E-state index in [1.165, 1.54) is 0 Å². The van der Waals surface area contributed by atoms with Crippen LogP contribution in [0.15, 0.2) is 54.7 Å². The number of anilines is 1. The highest BCUT2D eigenvalue weighted by Gasteiger charge is 2.31. The lowest BCUT2D eigenvalue weighted by molar-refractivity contribution is -0.134. The molecule has 2 aliphatic rings. The number of carbonyl (C=O) groups is 2. The number of carbonyl (C=O) groups excluding carboxylic acids is 2. The Bertz CT molecular complexity index is 979. The predicted octanol–water partition coefficient (Wildman–Crippen LogP) is 3.70. The van der Waals surface area contributed by atoms with Crippen LogP contribution in [0.3, 0.4) is 0 Å². The second-order valence-corrected chi connectivity index (χ2v) is 7.86. The fraction of sp³-hybridized carbons (Fsp3) is 0.360. The van der Waals surface area contributed by atoms with E-state index in [9.17, 15) is 9.59 Å². The van der Waals surface area contributed by atoms with Crippen molar-refractivity contribution in [3.05, 3.63) is 65.9 Å². The van der Waals surface area contributed by atoms with E-state index in [-0.39, 0.29) is 24.3 Å². The minimum Gasteiger partial charge on any atom is -0.492 e. The van der Waals surface area contributed by atoms with E-state index in [1.54, 1.807) is 18.0 Å². The van der Waals surface area contributed by atoms with Crippen LogP contribution < -0.4 is 9.64 Å². The lowest BCUT2D eigenvalue weighted by Gasteiger charge is -2.38. The van der Waals surface area contributed by atoms with Crippen molar-refractivity contribution in [3.8, 4) is 5.75 Å². The van der Waals surface area contributed by atoms with Crippen molar-refractivity contribution in [2.75, 3.05) is 37.7 Å². The summed E-state index contributed by atoms with van der Waals surface area (Å²) in [6, 6.07) is 15.8. The summed E-state index contributed by atoms with van der Waals surface area (Å²) in [6.45, 7) is 6.98. The Balaban J connectivity index is 1.43. The van der Waals surface area contributed by atoms with Gasteiger partial charge in [-0.1, -0.05) is 36.4 Å². The zero-order chi connectivity index (χ0) is 21.8. The van der Waals surface area contributed by atoms with Crippen LogP contribution in [0.5, 0.6) is 5.75 Å². The number of hydrogen-bond donors (Lipinski definition) is 0. The van der Waals surface area contributed by atoms with E-state index in [0.717, 1.165) is 35.7 Å². The van der Waals surface area contributed by atoms with Gasteiger partial charge in [-0.15, -0.1) is 0 Å². The Morgan fingerprint density at radius 2 is 1.71 bits per heavy atom. The molecule has 4 rings (SSSR count). The Labute approximate surface area is 183 Å². The largest absolute Gasteiger partial charge is 0.492 e. The second kappa shape index (κ2) is 9.25. The summed E-state index contributed by atoms with van der Waals surface area (Å²) in [5, 5.41) is 0. The quantitative estimate of drug-likeness (QED) is 0.742. The molecule has 2 aliphatic heterocycles. The fourth-order valence-electron chi connectivity index (χ4n) is 4.40. The van der Waals surface area contributed by atoms with Crippen molar-refractivity contribution in [1.29, 1.82) is 0 Å². The van der Waals surface area contributed by atoms with Crippen LogP contribution >= 0.6 is 0 Å². The Hall–Kier alpha value is -3.28. The van der Waals surface area contributed by atoms with Crippen molar-refractivity contribution in [2.24, 2.45) is 0 Å². The molecule has 6 heteroatoms. The summed E-state index contributed by atoms with van der Waals surface area (Å²) < 4.78 is 5.77. The molecule has 2 aromatic carbocycles. The number of piperazine rings is 1. The normalized spacial score (nSPS) is 18.0. The van der Waals surface area contributed by atoms with E-state index in [4.69, 9.17) is 4.74 Å². The SMILES string of the molecule is CCOc1ccccc1N1CCN(C(=O)C[C@H]2c3ccccc3C=CN2C(C)=O)CC1. The first-order chi connectivity index (χ1) is 15.1. The van der Waals surface area contributed by atoms with Gasteiger partial charge < -0.3 is 19.4 Å². The first-order valence-electron chi connectivity index (χ1n) is 10.9. The minimum absolute atomic E-state index is 0.0547. The molecule has 0 radical (unpaired) electrons. The predicted molar refractivity (Wildman–Crippen MR) is 122 cm³/mol. The van der Waals surface area contributed by atoms with Crippen molar-refractivity contribution < 1.29 is 14.3 Å². The summed E-state index contributed by atoms with van der Waals surface area (Å²) >= 11 is 0. The van der Waals surface area contributed by atoms with Crippen LogP contribution in [-0.2, 0) is 9.59 Å². The molecule has 0 unspecified atom stereocenters. The highest BCUT2D eigenvalue weighted by Crippen LogP contribution is 2.34. The van der Waals surface area contributed by atoms with Crippen LogP contribution in [0.25, 0.3) is 6.08 Å². The van der Waals surface area contributed by atoms with E-state index in [1.807, 2.05) is 60.4 Å². The van der Waals surface area contributed by atoms with Crippen molar-refractivity contribution in [1.82, 2.24) is 9.80 Å². The molecule has 31 heavy (non-hydrogen) atoms. The molecule has 0 N–H and O–H groups in total. The van der Waals surface area contributed by atoms with E-state index >= 15 is 0 Å². The van der Waals surface area contributed by atoms with Gasteiger partial charge in [0, 0.05) is 39.3 Å². The molecular formula is C25H29N3O3. The number of rotatable bonds is 5. The lowest BCUT2D eigenvalue weighted by Crippen LogP contribution is -2.49. The second-order valence-electron chi connectivity index (χ2n) is 7.86. The zero-order valence-corrected chi connectivity index (χ0v) is 18.2. The summed E-state index contributed by atoms with van der Waals surface area (Å²) in [4.78, 5) is 31.2. The monoisotopic (exact) mass is 419 g/mol. The molecule has 0 bridgehead atoms. The summed E-state index contributed by atoms with van der Waals surface area (Å²) in [5.41, 5.74) is 3.17. The number of fused-ring (bicyclic) bond motifs is 1.